The van der Waals surface area contributed by atoms with Crippen LogP contribution in [0.3, 0.4) is 0 Å². The summed E-state index contributed by atoms with van der Waals surface area (Å²) >= 11 is 0. The number of aliphatic carboxylic acids is 1. The molecule has 1 aliphatic carbocycles. The minimum Gasteiger partial charge on any atom is -0.479 e. The van der Waals surface area contributed by atoms with Crippen LogP contribution in [0, 0.1) is 0 Å². The predicted octanol–water partition coefficient (Wildman–Crippen LogP) is -0.0899. The van der Waals surface area contributed by atoms with E-state index in [-0.39, 0.29) is 0 Å². The Morgan fingerprint density at radius 3 is 2.12 bits per heavy atom. The van der Waals surface area contributed by atoms with E-state index in [4.69, 9.17) is 4.74 Å². The van der Waals surface area contributed by atoms with Gasteiger partial charge in [0.05, 0.1) is 0 Å². The second-order valence-corrected chi connectivity index (χ2v) is 4.89. The molecule has 3 aliphatic rings. The summed E-state index contributed by atoms with van der Waals surface area (Å²) in [7, 11) is 0. The summed E-state index contributed by atoms with van der Waals surface area (Å²) in [6.45, 7) is 0. The van der Waals surface area contributed by atoms with Crippen molar-refractivity contribution in [1.29, 1.82) is 0 Å². The molecule has 0 radical (unpaired) electrons. The average molecular weight is 239 g/mol. The lowest BCUT2D eigenvalue weighted by atomic mass is 9.74. The Labute approximate surface area is 97.5 Å². The Bertz CT molecular complexity index is 392. The minimum atomic E-state index is -1.29. The van der Waals surface area contributed by atoms with Gasteiger partial charge in [0.2, 0.25) is 0 Å². The molecule has 3 rings (SSSR count). The number of likely N-dealkylation sites (tertiary alicyclic amines) is 1. The molecule has 2 unspecified atom stereocenters. The van der Waals surface area contributed by atoms with E-state index < -0.39 is 35.5 Å². The van der Waals surface area contributed by atoms with Crippen LogP contribution in [-0.4, -0.2) is 45.5 Å². The SMILES string of the molecule is O=C1C2CCC(O2)C(=O)N1C1(C(=O)O)CCC1. The van der Waals surface area contributed by atoms with Gasteiger partial charge in [-0.2, -0.15) is 0 Å². The molecule has 2 aliphatic heterocycles. The van der Waals surface area contributed by atoms with E-state index >= 15 is 0 Å². The van der Waals surface area contributed by atoms with Crippen LogP contribution in [0.15, 0.2) is 0 Å². The zero-order valence-corrected chi connectivity index (χ0v) is 9.22. The highest BCUT2D eigenvalue weighted by Crippen LogP contribution is 2.42. The summed E-state index contributed by atoms with van der Waals surface area (Å²) in [6, 6.07) is 0. The molecule has 3 fully saturated rings. The highest BCUT2D eigenvalue weighted by molar-refractivity contribution is 6.06. The number of morpholine rings is 1. The van der Waals surface area contributed by atoms with E-state index in [0.717, 1.165) is 11.3 Å². The molecule has 1 saturated carbocycles. The minimum absolute atomic E-state index is 0.360. The number of rotatable bonds is 2. The van der Waals surface area contributed by atoms with Gasteiger partial charge in [-0.25, -0.2) is 4.79 Å². The number of amides is 2. The fraction of sp³-hybridized carbons (Fsp3) is 0.727. The summed E-state index contributed by atoms with van der Waals surface area (Å²) in [5.74, 6) is -2.01. The average Bonchev–Trinajstić information content (AvgIpc) is 2.65. The highest BCUT2D eigenvalue weighted by atomic mass is 16.5. The van der Waals surface area contributed by atoms with Crippen LogP contribution >= 0.6 is 0 Å². The van der Waals surface area contributed by atoms with Crippen molar-refractivity contribution < 1.29 is 24.2 Å². The highest BCUT2D eigenvalue weighted by Gasteiger charge is 2.60. The van der Waals surface area contributed by atoms with Crippen LogP contribution in [-0.2, 0) is 19.1 Å². The van der Waals surface area contributed by atoms with Gasteiger partial charge in [0, 0.05) is 0 Å². The van der Waals surface area contributed by atoms with Gasteiger partial charge in [-0.1, -0.05) is 0 Å². The molecule has 92 valence electrons. The number of carbonyl (C=O) groups excluding carboxylic acids is 2. The lowest BCUT2D eigenvalue weighted by molar-refractivity contribution is -0.189. The van der Waals surface area contributed by atoms with Crippen LogP contribution in [0.25, 0.3) is 0 Å². The van der Waals surface area contributed by atoms with E-state index in [2.05, 4.69) is 0 Å². The van der Waals surface area contributed by atoms with Crippen molar-refractivity contribution >= 4 is 17.8 Å². The van der Waals surface area contributed by atoms with Crippen LogP contribution in [0.5, 0.6) is 0 Å². The maximum atomic E-state index is 12.1. The van der Waals surface area contributed by atoms with E-state index in [1.165, 1.54) is 0 Å². The fourth-order valence-electron chi connectivity index (χ4n) is 2.86. The zero-order valence-electron chi connectivity index (χ0n) is 9.22. The maximum Gasteiger partial charge on any atom is 0.330 e. The number of hydrogen-bond acceptors (Lipinski definition) is 4. The van der Waals surface area contributed by atoms with E-state index in [1.807, 2.05) is 0 Å². The molecule has 0 spiro atoms. The van der Waals surface area contributed by atoms with Crippen LogP contribution < -0.4 is 0 Å². The summed E-state index contributed by atoms with van der Waals surface area (Å²) in [6.07, 6.45) is 1.25. The molecular weight excluding hydrogens is 226 g/mol. The van der Waals surface area contributed by atoms with E-state index in [1.54, 1.807) is 0 Å². The number of hydrogen-bond donors (Lipinski definition) is 1. The largest absolute Gasteiger partial charge is 0.479 e. The smallest absolute Gasteiger partial charge is 0.330 e. The predicted molar refractivity (Wildman–Crippen MR) is 54.0 cm³/mol. The Kier molecular flexibility index (Phi) is 2.07. The van der Waals surface area contributed by atoms with Gasteiger partial charge in [0.25, 0.3) is 11.8 Å². The van der Waals surface area contributed by atoms with Gasteiger partial charge < -0.3 is 9.84 Å². The lowest BCUT2D eigenvalue weighted by Crippen LogP contribution is -2.68. The first-order valence-corrected chi connectivity index (χ1v) is 5.83. The second kappa shape index (κ2) is 3.29. The van der Waals surface area contributed by atoms with Crippen molar-refractivity contribution in [3.63, 3.8) is 0 Å². The van der Waals surface area contributed by atoms with Crippen molar-refractivity contribution in [2.75, 3.05) is 0 Å². The van der Waals surface area contributed by atoms with Gasteiger partial charge in [-0.05, 0) is 32.1 Å². The molecular formula is C11H13NO5. The Morgan fingerprint density at radius 1 is 1.24 bits per heavy atom. The van der Waals surface area contributed by atoms with E-state index in [9.17, 15) is 19.5 Å². The van der Waals surface area contributed by atoms with Crippen molar-refractivity contribution in [1.82, 2.24) is 4.90 Å². The third-order valence-corrected chi connectivity index (χ3v) is 4.02. The Balaban J connectivity index is 1.99. The third kappa shape index (κ3) is 1.21. The third-order valence-electron chi connectivity index (χ3n) is 4.02. The Morgan fingerprint density at radius 2 is 1.76 bits per heavy atom. The first-order valence-electron chi connectivity index (χ1n) is 5.83. The molecule has 0 aromatic carbocycles. The standard InChI is InChI=1S/C11H13NO5/c13-8-6-2-3-7(17-6)9(14)12(8)11(10(15)16)4-1-5-11/h6-7H,1-5H2,(H,15,16). The first-order chi connectivity index (χ1) is 8.06. The van der Waals surface area contributed by atoms with Gasteiger partial charge in [0.15, 0.2) is 0 Å². The number of imide groups is 1. The van der Waals surface area contributed by atoms with Crippen LogP contribution in [0.2, 0.25) is 0 Å². The van der Waals surface area contributed by atoms with E-state index in [0.29, 0.717) is 25.7 Å². The van der Waals surface area contributed by atoms with Crippen molar-refractivity contribution in [2.24, 2.45) is 0 Å². The summed E-state index contributed by atoms with van der Waals surface area (Å²) in [5.41, 5.74) is -1.29. The lowest BCUT2D eigenvalue weighted by Gasteiger charge is -2.47. The maximum absolute atomic E-state index is 12.1. The molecule has 0 aromatic rings. The molecule has 2 saturated heterocycles. The number of ether oxygens (including phenoxy) is 1. The van der Waals surface area contributed by atoms with Gasteiger partial charge in [0.1, 0.15) is 17.7 Å². The monoisotopic (exact) mass is 239 g/mol. The molecule has 2 bridgehead atoms. The summed E-state index contributed by atoms with van der Waals surface area (Å²) in [5, 5.41) is 9.28. The fourth-order valence-corrected chi connectivity index (χ4v) is 2.86. The van der Waals surface area contributed by atoms with Crippen LogP contribution in [0.1, 0.15) is 32.1 Å². The number of nitrogens with zero attached hydrogens (tertiary/aromatic N) is 1. The number of carboxylic acid groups (broad SMARTS) is 1. The zero-order chi connectivity index (χ0) is 12.2. The van der Waals surface area contributed by atoms with Crippen molar-refractivity contribution in [3.8, 4) is 0 Å². The molecule has 2 heterocycles. The topological polar surface area (TPSA) is 83.9 Å². The summed E-state index contributed by atoms with van der Waals surface area (Å²) < 4.78 is 5.26. The number of carbonyl (C=O) groups is 3. The first kappa shape index (κ1) is 10.7. The molecule has 2 atom stereocenters. The summed E-state index contributed by atoms with van der Waals surface area (Å²) in [4.78, 5) is 36.4. The molecule has 6 heteroatoms. The van der Waals surface area contributed by atoms with Crippen LogP contribution in [0.4, 0.5) is 0 Å². The number of carboxylic acids is 1. The van der Waals surface area contributed by atoms with Crippen molar-refractivity contribution in [2.45, 2.75) is 49.9 Å². The van der Waals surface area contributed by atoms with Crippen molar-refractivity contribution in [3.05, 3.63) is 0 Å². The molecule has 1 N–H and O–H groups in total. The Hall–Kier alpha value is -1.43. The molecule has 2 amide bonds. The normalized spacial score (nSPS) is 34.7. The van der Waals surface area contributed by atoms with Gasteiger partial charge >= 0.3 is 5.97 Å². The van der Waals surface area contributed by atoms with Gasteiger partial charge in [-0.15, -0.1) is 0 Å². The quantitative estimate of drug-likeness (QED) is 0.681. The molecule has 0 aromatic heterocycles. The van der Waals surface area contributed by atoms with Gasteiger partial charge in [-0.3, -0.25) is 14.5 Å². The second-order valence-electron chi connectivity index (χ2n) is 4.89. The molecule has 17 heavy (non-hydrogen) atoms. The number of fused-ring (bicyclic) bond motifs is 2. The molecule has 6 nitrogen and oxygen atoms in total.